The number of fused-ring (bicyclic) bond motifs is 1. The lowest BCUT2D eigenvalue weighted by atomic mass is 10.2. The Kier molecular flexibility index (Phi) is 6.65. The molecule has 2 aromatic heterocycles. The highest BCUT2D eigenvalue weighted by Crippen LogP contribution is 2.15. The predicted molar refractivity (Wildman–Crippen MR) is 105 cm³/mol. The number of carbonyl (C=O) groups excluding carboxylic acids is 1. The van der Waals surface area contributed by atoms with Gasteiger partial charge in [0.2, 0.25) is 5.88 Å². The zero-order valence-corrected chi connectivity index (χ0v) is 15.4. The van der Waals surface area contributed by atoms with Gasteiger partial charge in [-0.1, -0.05) is 18.2 Å². The van der Waals surface area contributed by atoms with Crippen LogP contribution in [0, 0.1) is 0 Å². The maximum absolute atomic E-state index is 12.0. The molecule has 0 spiro atoms. The van der Waals surface area contributed by atoms with E-state index in [1.54, 1.807) is 25.4 Å². The third-order valence-corrected chi connectivity index (χ3v) is 4.07. The summed E-state index contributed by atoms with van der Waals surface area (Å²) in [5.41, 5.74) is 1.82. The van der Waals surface area contributed by atoms with E-state index in [0.29, 0.717) is 31.3 Å². The van der Waals surface area contributed by atoms with Crippen molar-refractivity contribution in [1.82, 2.24) is 14.9 Å². The fourth-order valence-electron chi connectivity index (χ4n) is 2.73. The van der Waals surface area contributed by atoms with Crippen LogP contribution in [0.4, 0.5) is 10.5 Å². The van der Waals surface area contributed by atoms with Crippen LogP contribution in [0.3, 0.4) is 0 Å². The maximum Gasteiger partial charge on any atom is 0.319 e. The summed E-state index contributed by atoms with van der Waals surface area (Å²) in [6.07, 6.45) is 4.48. The number of rotatable bonds is 9. The van der Waals surface area contributed by atoms with Gasteiger partial charge in [-0.3, -0.25) is 0 Å². The monoisotopic (exact) mass is 368 g/mol. The number of para-hydroxylation sites is 1. The van der Waals surface area contributed by atoms with Crippen molar-refractivity contribution in [2.24, 2.45) is 0 Å². The molecule has 0 saturated carbocycles. The third kappa shape index (κ3) is 5.46. The molecule has 7 heteroatoms. The Morgan fingerprint density at radius 3 is 2.85 bits per heavy atom. The largest absolute Gasteiger partial charge is 0.475 e. The van der Waals surface area contributed by atoms with Crippen LogP contribution in [0.1, 0.15) is 6.42 Å². The van der Waals surface area contributed by atoms with Crippen molar-refractivity contribution in [1.29, 1.82) is 0 Å². The highest BCUT2D eigenvalue weighted by Gasteiger charge is 2.04. The number of pyridine rings is 1. The van der Waals surface area contributed by atoms with Crippen LogP contribution in [-0.2, 0) is 11.3 Å². The summed E-state index contributed by atoms with van der Waals surface area (Å²) in [6, 6.07) is 13.6. The van der Waals surface area contributed by atoms with Gasteiger partial charge in [-0.15, -0.1) is 0 Å². The van der Waals surface area contributed by atoms with Gasteiger partial charge >= 0.3 is 6.03 Å². The highest BCUT2D eigenvalue weighted by molar-refractivity contribution is 5.89. The van der Waals surface area contributed by atoms with Crippen LogP contribution < -0.4 is 15.4 Å². The summed E-state index contributed by atoms with van der Waals surface area (Å²) >= 11 is 0. The molecular formula is C20H24N4O3. The lowest BCUT2D eigenvalue weighted by molar-refractivity contribution is 0.144. The number of nitrogens with one attached hydrogen (secondary N) is 2. The Hall–Kier alpha value is -3.06. The van der Waals surface area contributed by atoms with E-state index in [2.05, 4.69) is 44.6 Å². The van der Waals surface area contributed by atoms with Gasteiger partial charge in [0.25, 0.3) is 0 Å². The van der Waals surface area contributed by atoms with Crippen LogP contribution in [0.5, 0.6) is 5.88 Å². The zero-order chi connectivity index (χ0) is 18.9. The fraction of sp³-hybridized carbons (Fsp3) is 0.300. The van der Waals surface area contributed by atoms with E-state index >= 15 is 0 Å². The molecule has 0 unspecified atom stereocenters. The summed E-state index contributed by atoms with van der Waals surface area (Å²) in [5, 5.41) is 6.85. The SMILES string of the molecule is COCCOc1ccc(NC(=O)NCCCn2ccc3ccccc32)cn1. The summed E-state index contributed by atoms with van der Waals surface area (Å²) in [4.78, 5) is 16.1. The van der Waals surface area contributed by atoms with Crippen LogP contribution >= 0.6 is 0 Å². The summed E-state index contributed by atoms with van der Waals surface area (Å²) in [6.45, 7) is 2.38. The van der Waals surface area contributed by atoms with Crippen molar-refractivity contribution < 1.29 is 14.3 Å². The number of ether oxygens (including phenoxy) is 2. The van der Waals surface area contributed by atoms with E-state index in [-0.39, 0.29) is 6.03 Å². The van der Waals surface area contributed by atoms with E-state index < -0.39 is 0 Å². The minimum atomic E-state index is -0.248. The summed E-state index contributed by atoms with van der Waals surface area (Å²) < 4.78 is 12.5. The third-order valence-electron chi connectivity index (χ3n) is 4.07. The molecule has 0 aliphatic carbocycles. The van der Waals surface area contributed by atoms with E-state index in [1.807, 2.05) is 12.1 Å². The number of carbonyl (C=O) groups is 1. The van der Waals surface area contributed by atoms with Crippen LogP contribution in [0.15, 0.2) is 54.9 Å². The molecule has 142 valence electrons. The number of nitrogens with zero attached hydrogens (tertiary/aromatic N) is 2. The molecular weight excluding hydrogens is 344 g/mol. The van der Waals surface area contributed by atoms with Crippen molar-refractivity contribution in [2.75, 3.05) is 32.2 Å². The minimum absolute atomic E-state index is 0.248. The number of benzene rings is 1. The van der Waals surface area contributed by atoms with Gasteiger partial charge in [0.05, 0.1) is 18.5 Å². The second-order valence-electron chi connectivity index (χ2n) is 6.03. The van der Waals surface area contributed by atoms with E-state index in [4.69, 9.17) is 9.47 Å². The van der Waals surface area contributed by atoms with Crippen molar-refractivity contribution >= 4 is 22.6 Å². The number of aromatic nitrogens is 2. The molecule has 0 atom stereocenters. The average Bonchev–Trinajstić information content (AvgIpc) is 3.10. The molecule has 2 heterocycles. The molecule has 2 amide bonds. The van der Waals surface area contributed by atoms with Gasteiger partial charge in [0, 0.05) is 38.0 Å². The Bertz CT molecular complexity index is 861. The van der Waals surface area contributed by atoms with E-state index in [0.717, 1.165) is 13.0 Å². The fourth-order valence-corrected chi connectivity index (χ4v) is 2.73. The maximum atomic E-state index is 12.0. The predicted octanol–water partition coefficient (Wildman–Crippen LogP) is 3.27. The second-order valence-corrected chi connectivity index (χ2v) is 6.03. The first-order chi connectivity index (χ1) is 13.3. The quantitative estimate of drug-likeness (QED) is 0.568. The van der Waals surface area contributed by atoms with Gasteiger partial charge in [-0.25, -0.2) is 9.78 Å². The second kappa shape index (κ2) is 9.59. The Labute approximate surface area is 158 Å². The van der Waals surface area contributed by atoms with Crippen molar-refractivity contribution in [3.63, 3.8) is 0 Å². The van der Waals surface area contributed by atoms with Gasteiger partial charge in [0.15, 0.2) is 0 Å². The molecule has 0 aliphatic heterocycles. The van der Waals surface area contributed by atoms with Crippen molar-refractivity contribution in [2.45, 2.75) is 13.0 Å². The van der Waals surface area contributed by atoms with Crippen LogP contribution in [-0.4, -0.2) is 42.5 Å². The number of anilines is 1. The Morgan fingerprint density at radius 1 is 1.15 bits per heavy atom. The lowest BCUT2D eigenvalue weighted by Gasteiger charge is -2.09. The average molecular weight is 368 g/mol. The van der Waals surface area contributed by atoms with Crippen LogP contribution in [0.25, 0.3) is 10.9 Å². The Balaban J connectivity index is 1.38. The molecule has 27 heavy (non-hydrogen) atoms. The van der Waals surface area contributed by atoms with Gasteiger partial charge < -0.3 is 24.7 Å². The molecule has 0 bridgehead atoms. The molecule has 7 nitrogen and oxygen atoms in total. The molecule has 0 aliphatic rings. The van der Waals surface area contributed by atoms with Gasteiger partial charge in [-0.05, 0) is 30.0 Å². The first kappa shape index (κ1) is 18.7. The number of methoxy groups -OCH3 is 1. The zero-order valence-electron chi connectivity index (χ0n) is 15.4. The van der Waals surface area contributed by atoms with E-state index in [9.17, 15) is 4.79 Å². The van der Waals surface area contributed by atoms with Crippen molar-refractivity contribution in [3.05, 3.63) is 54.9 Å². The number of hydrogen-bond acceptors (Lipinski definition) is 4. The van der Waals surface area contributed by atoms with Gasteiger partial charge in [-0.2, -0.15) is 0 Å². The van der Waals surface area contributed by atoms with Crippen molar-refractivity contribution in [3.8, 4) is 5.88 Å². The molecule has 3 aromatic rings. The number of aryl methyl sites for hydroxylation is 1. The summed E-state index contributed by atoms with van der Waals surface area (Å²) in [5.74, 6) is 0.497. The lowest BCUT2D eigenvalue weighted by Crippen LogP contribution is -2.30. The minimum Gasteiger partial charge on any atom is -0.475 e. The standard InChI is InChI=1S/C20H24N4O3/c1-26-13-14-27-19-8-7-17(15-22-19)23-20(25)21-10-4-11-24-12-9-16-5-2-3-6-18(16)24/h2-3,5-9,12,15H,4,10-11,13-14H2,1H3,(H2,21,23,25). The van der Waals surface area contributed by atoms with E-state index in [1.165, 1.54) is 10.9 Å². The highest BCUT2D eigenvalue weighted by atomic mass is 16.5. The smallest absolute Gasteiger partial charge is 0.319 e. The topological polar surface area (TPSA) is 77.4 Å². The molecule has 2 N–H and O–H groups in total. The molecule has 0 radical (unpaired) electrons. The molecule has 1 aromatic carbocycles. The van der Waals surface area contributed by atoms with Gasteiger partial charge in [0.1, 0.15) is 6.61 Å². The summed E-state index contributed by atoms with van der Waals surface area (Å²) in [7, 11) is 1.61. The van der Waals surface area contributed by atoms with Crippen LogP contribution in [0.2, 0.25) is 0 Å². The number of amides is 2. The first-order valence-corrected chi connectivity index (χ1v) is 8.93. The number of hydrogen-bond donors (Lipinski definition) is 2. The molecule has 0 saturated heterocycles. The molecule has 3 rings (SSSR count). The normalized spacial score (nSPS) is 10.7. The number of urea groups is 1. The Morgan fingerprint density at radius 2 is 2.04 bits per heavy atom. The first-order valence-electron chi connectivity index (χ1n) is 8.93. The molecule has 0 fully saturated rings.